The molecule has 12 nitrogen and oxygen atoms in total. The summed E-state index contributed by atoms with van der Waals surface area (Å²) in [5.74, 6) is -0.636. The maximum Gasteiger partial charge on any atom is 0.337 e. The number of carbonyl (C=O) groups is 1. The Hall–Kier alpha value is -0.930. The molecular formula is C20H36O12. The van der Waals surface area contributed by atoms with Gasteiger partial charge in [0.05, 0.1) is 13.7 Å². The van der Waals surface area contributed by atoms with Gasteiger partial charge in [0, 0.05) is 49.8 Å². The fourth-order valence-corrected chi connectivity index (χ4v) is 4.22. The van der Waals surface area contributed by atoms with Crippen molar-refractivity contribution in [3.63, 3.8) is 0 Å². The molecule has 32 heavy (non-hydrogen) atoms. The SMILES string of the molecule is COC[C@@H]1O[C@H](OC)[C@@H](OC2OC(C(=O)OC)C(OC)C(OC)C2OC)[C@@H](OC)[C@@H]1OC. The fourth-order valence-electron chi connectivity index (χ4n) is 4.22. The van der Waals surface area contributed by atoms with Gasteiger partial charge >= 0.3 is 5.97 Å². The average Bonchev–Trinajstić information content (AvgIpc) is 2.82. The van der Waals surface area contributed by atoms with Gasteiger partial charge in [0.25, 0.3) is 0 Å². The third kappa shape index (κ3) is 5.58. The van der Waals surface area contributed by atoms with Crippen LogP contribution in [0.25, 0.3) is 0 Å². The van der Waals surface area contributed by atoms with E-state index in [9.17, 15) is 4.79 Å². The summed E-state index contributed by atoms with van der Waals surface area (Å²) in [5, 5.41) is 0. The summed E-state index contributed by atoms with van der Waals surface area (Å²) < 4.78 is 61.9. The summed E-state index contributed by atoms with van der Waals surface area (Å²) in [6.45, 7) is 0.261. The number of carbonyl (C=O) groups excluding carboxylic acids is 1. The smallest absolute Gasteiger partial charge is 0.337 e. The Morgan fingerprint density at radius 1 is 0.625 bits per heavy atom. The van der Waals surface area contributed by atoms with E-state index in [2.05, 4.69) is 0 Å². The number of hydrogen-bond donors (Lipinski definition) is 0. The van der Waals surface area contributed by atoms with Gasteiger partial charge < -0.3 is 52.1 Å². The number of hydrogen-bond acceptors (Lipinski definition) is 12. The third-order valence-corrected chi connectivity index (χ3v) is 5.73. The highest BCUT2D eigenvalue weighted by Gasteiger charge is 2.54. The summed E-state index contributed by atoms with van der Waals surface area (Å²) in [5.41, 5.74) is 0. The highest BCUT2D eigenvalue weighted by atomic mass is 16.8. The van der Waals surface area contributed by atoms with Crippen molar-refractivity contribution in [2.75, 3.05) is 63.5 Å². The van der Waals surface area contributed by atoms with Crippen molar-refractivity contribution in [1.29, 1.82) is 0 Å². The summed E-state index contributed by atoms with van der Waals surface area (Å²) in [4.78, 5) is 12.4. The van der Waals surface area contributed by atoms with Crippen molar-refractivity contribution in [2.24, 2.45) is 0 Å². The number of ether oxygens (including phenoxy) is 11. The summed E-state index contributed by atoms with van der Waals surface area (Å²) in [6.07, 6.45) is -7.66. The lowest BCUT2D eigenvalue weighted by Gasteiger charge is -2.48. The van der Waals surface area contributed by atoms with Crippen LogP contribution in [-0.2, 0) is 56.9 Å². The molecule has 10 atom stereocenters. The zero-order valence-corrected chi connectivity index (χ0v) is 19.9. The van der Waals surface area contributed by atoms with E-state index in [4.69, 9.17) is 52.1 Å². The van der Waals surface area contributed by atoms with Crippen LogP contribution < -0.4 is 0 Å². The molecule has 0 amide bonds. The van der Waals surface area contributed by atoms with Crippen LogP contribution in [0.3, 0.4) is 0 Å². The number of methoxy groups -OCH3 is 8. The largest absolute Gasteiger partial charge is 0.467 e. The van der Waals surface area contributed by atoms with E-state index >= 15 is 0 Å². The predicted octanol–water partition coefficient (Wildman–Crippen LogP) is -0.638. The number of rotatable bonds is 11. The van der Waals surface area contributed by atoms with Crippen molar-refractivity contribution in [3.05, 3.63) is 0 Å². The molecule has 0 aromatic heterocycles. The van der Waals surface area contributed by atoms with Gasteiger partial charge in [-0.15, -0.1) is 0 Å². The standard InChI is InChI=1S/C20H36O12/c1-22-9-10-11(23-2)12(24-3)17(19(29-8)30-10)32-20-16(27-6)14(26-5)13(25-4)15(31-20)18(21)28-7/h10-17,19-20H,9H2,1-8H3/t10-,11+,12-,13?,14?,15?,16?,17-,19-,20?/m0/s1. The zero-order valence-electron chi connectivity index (χ0n) is 19.9. The van der Waals surface area contributed by atoms with Crippen LogP contribution in [-0.4, -0.2) is 131 Å². The molecule has 0 saturated carbocycles. The van der Waals surface area contributed by atoms with Gasteiger partial charge in [0.1, 0.15) is 42.7 Å². The van der Waals surface area contributed by atoms with E-state index in [1.807, 2.05) is 0 Å². The highest BCUT2D eigenvalue weighted by Crippen LogP contribution is 2.34. The quantitative estimate of drug-likeness (QED) is 0.359. The molecule has 2 fully saturated rings. The molecule has 0 N–H and O–H groups in total. The first-order valence-corrected chi connectivity index (χ1v) is 10.2. The van der Waals surface area contributed by atoms with Gasteiger partial charge in [-0.05, 0) is 0 Å². The van der Waals surface area contributed by atoms with Crippen molar-refractivity contribution in [3.8, 4) is 0 Å². The molecular weight excluding hydrogens is 432 g/mol. The van der Waals surface area contributed by atoms with Crippen LogP contribution in [0.4, 0.5) is 0 Å². The molecule has 0 spiro atoms. The fraction of sp³-hybridized carbons (Fsp3) is 0.950. The first kappa shape index (κ1) is 27.3. The molecule has 2 heterocycles. The average molecular weight is 468 g/mol. The Kier molecular flexibility index (Phi) is 11.2. The minimum atomic E-state index is -1.11. The van der Waals surface area contributed by atoms with Gasteiger partial charge in [-0.3, -0.25) is 0 Å². The van der Waals surface area contributed by atoms with E-state index in [1.165, 1.54) is 42.7 Å². The first-order valence-electron chi connectivity index (χ1n) is 10.2. The monoisotopic (exact) mass is 468 g/mol. The van der Waals surface area contributed by atoms with Gasteiger partial charge in [-0.2, -0.15) is 0 Å². The third-order valence-electron chi connectivity index (χ3n) is 5.73. The Labute approximate surface area is 188 Å². The zero-order chi connectivity index (χ0) is 23.8. The molecule has 0 radical (unpaired) electrons. The lowest BCUT2D eigenvalue weighted by atomic mass is 9.96. The second kappa shape index (κ2) is 13.1. The molecule has 0 aromatic carbocycles. The molecule has 5 unspecified atom stereocenters. The predicted molar refractivity (Wildman–Crippen MR) is 107 cm³/mol. The van der Waals surface area contributed by atoms with E-state index in [0.717, 1.165) is 0 Å². The Bertz CT molecular complexity index is 563. The lowest BCUT2D eigenvalue weighted by Crippen LogP contribution is -2.66. The lowest BCUT2D eigenvalue weighted by molar-refractivity contribution is -0.368. The molecule has 2 aliphatic rings. The minimum Gasteiger partial charge on any atom is -0.467 e. The van der Waals surface area contributed by atoms with Gasteiger partial charge in [-0.25, -0.2) is 4.79 Å². The van der Waals surface area contributed by atoms with Crippen LogP contribution in [0, 0.1) is 0 Å². The van der Waals surface area contributed by atoms with Gasteiger partial charge in [0.15, 0.2) is 18.7 Å². The molecule has 12 heteroatoms. The second-order valence-corrected chi connectivity index (χ2v) is 7.28. The Morgan fingerprint density at radius 3 is 1.66 bits per heavy atom. The van der Waals surface area contributed by atoms with E-state index in [1.54, 1.807) is 14.2 Å². The molecule has 2 saturated heterocycles. The van der Waals surface area contributed by atoms with Crippen LogP contribution >= 0.6 is 0 Å². The van der Waals surface area contributed by atoms with Gasteiger partial charge in [-0.1, -0.05) is 0 Å². The van der Waals surface area contributed by atoms with Crippen LogP contribution in [0.5, 0.6) is 0 Å². The molecule has 0 aromatic rings. The highest BCUT2D eigenvalue weighted by molar-refractivity contribution is 5.75. The molecule has 0 bridgehead atoms. The summed E-state index contributed by atoms with van der Waals surface area (Å²) in [6, 6.07) is 0. The topological polar surface area (TPSA) is 119 Å². The van der Waals surface area contributed by atoms with E-state index in [-0.39, 0.29) is 6.61 Å². The Morgan fingerprint density at radius 2 is 1.19 bits per heavy atom. The summed E-state index contributed by atoms with van der Waals surface area (Å²) in [7, 11) is 11.8. The minimum absolute atomic E-state index is 0.261. The van der Waals surface area contributed by atoms with Crippen molar-refractivity contribution < 1.29 is 56.9 Å². The van der Waals surface area contributed by atoms with Crippen molar-refractivity contribution in [1.82, 2.24) is 0 Å². The first-order chi connectivity index (χ1) is 15.4. The van der Waals surface area contributed by atoms with Crippen LogP contribution in [0.1, 0.15) is 0 Å². The second-order valence-electron chi connectivity index (χ2n) is 7.28. The molecule has 2 aliphatic heterocycles. The number of esters is 1. The van der Waals surface area contributed by atoms with Crippen molar-refractivity contribution >= 4 is 5.97 Å². The maximum absolute atomic E-state index is 12.4. The normalized spacial score (nSPS) is 40.2. The van der Waals surface area contributed by atoms with Crippen LogP contribution in [0.15, 0.2) is 0 Å². The molecule has 0 aliphatic carbocycles. The molecule has 188 valence electrons. The van der Waals surface area contributed by atoms with Crippen LogP contribution in [0.2, 0.25) is 0 Å². The van der Waals surface area contributed by atoms with Gasteiger partial charge in [0.2, 0.25) is 0 Å². The van der Waals surface area contributed by atoms with Crippen molar-refractivity contribution in [2.45, 2.75) is 61.4 Å². The Balaban J connectivity index is 2.35. The van der Waals surface area contributed by atoms with E-state index < -0.39 is 67.4 Å². The summed E-state index contributed by atoms with van der Waals surface area (Å²) >= 11 is 0. The molecule has 2 rings (SSSR count). The van der Waals surface area contributed by atoms with E-state index in [0.29, 0.717) is 0 Å². The maximum atomic E-state index is 12.4.